The average Bonchev–Trinajstić information content (AvgIpc) is 2.77. The lowest BCUT2D eigenvalue weighted by Crippen LogP contribution is -2.26. The summed E-state index contributed by atoms with van der Waals surface area (Å²) in [4.78, 5) is 32.0. The number of nitrogens with zero attached hydrogens (tertiary/aromatic N) is 5. The zero-order valence-electron chi connectivity index (χ0n) is 17.7. The third kappa shape index (κ3) is 6.05. The first-order chi connectivity index (χ1) is 15.2. The van der Waals surface area contributed by atoms with Gasteiger partial charge in [-0.05, 0) is 62.7 Å². The SMILES string of the molecule is CN1CCCC(=O)NCCCc2cc(ccn2)-c2ncnc(n2)Nc2cccc(c2)C1. The van der Waals surface area contributed by atoms with E-state index < -0.39 is 0 Å². The van der Waals surface area contributed by atoms with Crippen molar-refractivity contribution in [2.45, 2.75) is 32.2 Å². The highest BCUT2D eigenvalue weighted by Gasteiger charge is 2.09. The van der Waals surface area contributed by atoms with Gasteiger partial charge >= 0.3 is 0 Å². The molecule has 0 aliphatic carbocycles. The van der Waals surface area contributed by atoms with E-state index in [4.69, 9.17) is 0 Å². The quantitative estimate of drug-likeness (QED) is 0.580. The smallest absolute Gasteiger partial charge is 0.230 e. The van der Waals surface area contributed by atoms with E-state index in [1.54, 1.807) is 6.20 Å². The average molecular weight is 418 g/mol. The van der Waals surface area contributed by atoms with Gasteiger partial charge in [-0.2, -0.15) is 4.98 Å². The van der Waals surface area contributed by atoms with Crippen molar-refractivity contribution in [2.24, 2.45) is 0 Å². The van der Waals surface area contributed by atoms with E-state index in [-0.39, 0.29) is 5.91 Å². The van der Waals surface area contributed by atoms with Gasteiger partial charge in [0, 0.05) is 42.7 Å². The molecule has 0 fully saturated rings. The summed E-state index contributed by atoms with van der Waals surface area (Å²) in [7, 11) is 2.07. The summed E-state index contributed by atoms with van der Waals surface area (Å²) in [5, 5.41) is 6.30. The van der Waals surface area contributed by atoms with E-state index in [9.17, 15) is 4.79 Å². The van der Waals surface area contributed by atoms with Crippen molar-refractivity contribution in [3.8, 4) is 11.4 Å². The van der Waals surface area contributed by atoms with Gasteiger partial charge in [0.1, 0.15) is 6.33 Å². The van der Waals surface area contributed by atoms with Crippen LogP contribution in [-0.2, 0) is 17.8 Å². The second kappa shape index (κ2) is 10.1. The number of amides is 1. The van der Waals surface area contributed by atoms with Crippen molar-refractivity contribution in [3.05, 3.63) is 60.2 Å². The van der Waals surface area contributed by atoms with Gasteiger partial charge < -0.3 is 15.5 Å². The normalized spacial score (nSPS) is 16.1. The van der Waals surface area contributed by atoms with Crippen molar-refractivity contribution in [2.75, 3.05) is 25.5 Å². The number of hydrogen-bond acceptors (Lipinski definition) is 7. The minimum atomic E-state index is 0.105. The second-order valence-electron chi connectivity index (χ2n) is 7.79. The monoisotopic (exact) mass is 417 g/mol. The molecule has 0 spiro atoms. The molecule has 1 aliphatic heterocycles. The van der Waals surface area contributed by atoms with Gasteiger partial charge in [0.15, 0.2) is 5.82 Å². The second-order valence-corrected chi connectivity index (χ2v) is 7.79. The summed E-state index contributed by atoms with van der Waals surface area (Å²) in [6, 6.07) is 12.1. The number of nitrogens with one attached hydrogen (secondary N) is 2. The molecule has 0 saturated heterocycles. The van der Waals surface area contributed by atoms with Crippen LogP contribution in [0.25, 0.3) is 11.4 Å². The molecule has 0 saturated carbocycles. The lowest BCUT2D eigenvalue weighted by molar-refractivity contribution is -0.121. The summed E-state index contributed by atoms with van der Waals surface area (Å²) >= 11 is 0. The van der Waals surface area contributed by atoms with Crippen LogP contribution in [-0.4, -0.2) is 50.9 Å². The Hall–Kier alpha value is -3.39. The van der Waals surface area contributed by atoms with Crippen LogP contribution in [0.2, 0.25) is 0 Å². The number of rotatable bonds is 0. The number of aryl methyl sites for hydroxylation is 1. The van der Waals surface area contributed by atoms with Crippen LogP contribution in [0.3, 0.4) is 0 Å². The highest BCUT2D eigenvalue weighted by atomic mass is 16.1. The van der Waals surface area contributed by atoms with Gasteiger partial charge in [-0.15, -0.1) is 0 Å². The molecule has 8 heteroatoms. The zero-order chi connectivity index (χ0) is 21.5. The number of pyridine rings is 1. The van der Waals surface area contributed by atoms with Crippen LogP contribution < -0.4 is 10.6 Å². The molecule has 1 aromatic carbocycles. The van der Waals surface area contributed by atoms with Crippen LogP contribution in [0.5, 0.6) is 0 Å². The first-order valence-corrected chi connectivity index (χ1v) is 10.6. The molecule has 4 rings (SSSR count). The number of carbonyl (C=O) groups is 1. The maximum atomic E-state index is 12.1. The Morgan fingerprint density at radius 3 is 2.90 bits per heavy atom. The maximum Gasteiger partial charge on any atom is 0.230 e. The Labute approximate surface area is 182 Å². The molecule has 2 aromatic heterocycles. The number of carbonyl (C=O) groups excluding carboxylic acids is 1. The molecule has 3 heterocycles. The Balaban J connectivity index is 1.60. The fraction of sp³-hybridized carbons (Fsp3) is 0.348. The standard InChI is InChI=1S/C23H27N7O/c1-30-12-4-8-21(31)25-10-3-7-19-14-18(9-11-24-19)22-26-16-27-23(29-22)28-20-6-2-5-17(13-20)15-30/h2,5-6,9,11,13-14,16H,3-4,7-8,10,12,15H2,1H3,(H,25,31)(H,26,27,28,29). The van der Waals surface area contributed by atoms with E-state index >= 15 is 0 Å². The van der Waals surface area contributed by atoms with E-state index in [0.717, 1.165) is 49.3 Å². The number of anilines is 2. The molecule has 160 valence electrons. The van der Waals surface area contributed by atoms with Gasteiger partial charge in [0.2, 0.25) is 11.9 Å². The molecule has 1 amide bonds. The van der Waals surface area contributed by atoms with Crippen molar-refractivity contribution >= 4 is 17.5 Å². The fourth-order valence-corrected chi connectivity index (χ4v) is 3.61. The Kier molecular flexibility index (Phi) is 6.78. The summed E-state index contributed by atoms with van der Waals surface area (Å²) < 4.78 is 0. The topological polar surface area (TPSA) is 95.9 Å². The first kappa shape index (κ1) is 20.9. The van der Waals surface area contributed by atoms with Gasteiger partial charge in [-0.1, -0.05) is 12.1 Å². The van der Waals surface area contributed by atoms with Crippen molar-refractivity contribution in [1.82, 2.24) is 30.2 Å². The van der Waals surface area contributed by atoms with E-state index in [1.807, 2.05) is 24.3 Å². The van der Waals surface area contributed by atoms with Crippen LogP contribution >= 0.6 is 0 Å². The number of hydrogen-bond donors (Lipinski definition) is 2. The predicted octanol–water partition coefficient (Wildman–Crippen LogP) is 2.95. The molecule has 2 N–H and O–H groups in total. The third-order valence-corrected chi connectivity index (χ3v) is 5.16. The van der Waals surface area contributed by atoms with Crippen LogP contribution in [0.4, 0.5) is 11.6 Å². The van der Waals surface area contributed by atoms with Crippen molar-refractivity contribution in [1.29, 1.82) is 0 Å². The highest BCUT2D eigenvalue weighted by Crippen LogP contribution is 2.19. The Bertz CT molecular complexity index is 1040. The maximum absolute atomic E-state index is 12.1. The molecular formula is C23H27N7O. The van der Waals surface area contributed by atoms with Crippen molar-refractivity contribution < 1.29 is 4.79 Å². The van der Waals surface area contributed by atoms with E-state index in [0.29, 0.717) is 24.7 Å². The molecule has 31 heavy (non-hydrogen) atoms. The zero-order valence-corrected chi connectivity index (χ0v) is 17.7. The van der Waals surface area contributed by atoms with E-state index in [1.165, 1.54) is 11.9 Å². The molecule has 0 unspecified atom stereocenters. The van der Waals surface area contributed by atoms with Gasteiger partial charge in [0.25, 0.3) is 0 Å². The van der Waals surface area contributed by atoms with Crippen LogP contribution in [0.1, 0.15) is 30.5 Å². The molecular weight excluding hydrogens is 390 g/mol. The minimum absolute atomic E-state index is 0.105. The number of aromatic nitrogens is 4. The number of benzene rings is 1. The molecule has 8 nitrogen and oxygen atoms in total. The summed E-state index contributed by atoms with van der Waals surface area (Å²) in [6.45, 7) is 2.31. The summed E-state index contributed by atoms with van der Waals surface area (Å²) in [5.74, 6) is 1.21. The fourth-order valence-electron chi connectivity index (χ4n) is 3.61. The first-order valence-electron chi connectivity index (χ1n) is 10.6. The minimum Gasteiger partial charge on any atom is -0.356 e. The lowest BCUT2D eigenvalue weighted by atomic mass is 10.1. The summed E-state index contributed by atoms with van der Waals surface area (Å²) in [5.41, 5.74) is 3.95. The predicted molar refractivity (Wildman–Crippen MR) is 120 cm³/mol. The van der Waals surface area contributed by atoms with Crippen molar-refractivity contribution in [3.63, 3.8) is 0 Å². The van der Waals surface area contributed by atoms with Crippen LogP contribution in [0.15, 0.2) is 48.9 Å². The Morgan fingerprint density at radius 1 is 1.03 bits per heavy atom. The van der Waals surface area contributed by atoms with E-state index in [2.05, 4.69) is 54.6 Å². The van der Waals surface area contributed by atoms with Crippen LogP contribution in [0, 0.1) is 0 Å². The van der Waals surface area contributed by atoms with Gasteiger partial charge in [0.05, 0.1) is 0 Å². The molecule has 1 aliphatic rings. The molecule has 3 aromatic rings. The summed E-state index contributed by atoms with van der Waals surface area (Å²) in [6.07, 6.45) is 6.27. The largest absolute Gasteiger partial charge is 0.356 e. The highest BCUT2D eigenvalue weighted by molar-refractivity contribution is 5.75. The molecule has 0 radical (unpaired) electrons. The molecule has 0 atom stereocenters. The van der Waals surface area contributed by atoms with Gasteiger partial charge in [-0.3, -0.25) is 9.78 Å². The number of fused-ring (bicyclic) bond motifs is 7. The Morgan fingerprint density at radius 2 is 1.97 bits per heavy atom. The van der Waals surface area contributed by atoms with Gasteiger partial charge in [-0.25, -0.2) is 9.97 Å². The lowest BCUT2D eigenvalue weighted by Gasteiger charge is -2.17. The third-order valence-electron chi connectivity index (χ3n) is 5.16. The molecule has 6 bridgehead atoms.